The molecule has 3 aromatic rings. The van der Waals surface area contributed by atoms with Crippen molar-refractivity contribution >= 4 is 11.9 Å². The lowest BCUT2D eigenvalue weighted by atomic mass is 9.92. The standard InChI is InChI=1S/C25H22N2O4/c1-25(14-18-9-12-21-22(13-18)31-16-30-21)23(28)27(24(29)26-25)15-17-7-10-20(11-8-17)19-5-3-2-4-6-19/h2-13H,14-16H2,1H3,(H,26,29)/t25-/m0/s1. The normalized spacial score (nSPS) is 19.6. The highest BCUT2D eigenvalue weighted by molar-refractivity contribution is 6.06. The summed E-state index contributed by atoms with van der Waals surface area (Å²) in [4.78, 5) is 27.1. The molecule has 0 saturated carbocycles. The van der Waals surface area contributed by atoms with Crippen molar-refractivity contribution < 1.29 is 19.1 Å². The molecule has 3 aromatic carbocycles. The van der Waals surface area contributed by atoms with Crippen LogP contribution in [0.25, 0.3) is 11.1 Å². The van der Waals surface area contributed by atoms with Crippen LogP contribution < -0.4 is 14.8 Å². The zero-order valence-electron chi connectivity index (χ0n) is 17.1. The largest absolute Gasteiger partial charge is 0.454 e. The SMILES string of the molecule is C[C@@]1(Cc2ccc3c(c2)OCO3)NC(=O)N(Cc2ccc(-c3ccccc3)cc2)C1=O. The Kier molecular flexibility index (Phi) is 4.62. The second kappa shape index (κ2) is 7.47. The molecule has 2 aliphatic heterocycles. The molecule has 1 atom stereocenters. The first-order valence-electron chi connectivity index (χ1n) is 10.2. The summed E-state index contributed by atoms with van der Waals surface area (Å²) >= 11 is 0. The Hall–Kier alpha value is -3.80. The molecular formula is C25H22N2O4. The van der Waals surface area contributed by atoms with E-state index in [2.05, 4.69) is 5.32 Å². The molecule has 1 saturated heterocycles. The summed E-state index contributed by atoms with van der Waals surface area (Å²) in [7, 11) is 0. The van der Waals surface area contributed by atoms with Gasteiger partial charge in [-0.25, -0.2) is 4.79 Å². The monoisotopic (exact) mass is 414 g/mol. The van der Waals surface area contributed by atoms with E-state index in [4.69, 9.17) is 9.47 Å². The smallest absolute Gasteiger partial charge is 0.325 e. The van der Waals surface area contributed by atoms with E-state index in [0.29, 0.717) is 17.9 Å². The molecule has 6 nitrogen and oxygen atoms in total. The molecule has 2 aliphatic rings. The number of amides is 3. The number of carbonyl (C=O) groups excluding carboxylic acids is 2. The van der Waals surface area contributed by atoms with E-state index in [9.17, 15) is 9.59 Å². The van der Waals surface area contributed by atoms with Gasteiger partial charge in [0.25, 0.3) is 5.91 Å². The first-order chi connectivity index (χ1) is 15.0. The third-order valence-corrected chi connectivity index (χ3v) is 5.74. The van der Waals surface area contributed by atoms with Gasteiger partial charge in [-0.3, -0.25) is 9.69 Å². The highest BCUT2D eigenvalue weighted by atomic mass is 16.7. The lowest BCUT2D eigenvalue weighted by molar-refractivity contribution is -0.131. The summed E-state index contributed by atoms with van der Waals surface area (Å²) in [5.41, 5.74) is 3.01. The van der Waals surface area contributed by atoms with Crippen LogP contribution in [0.5, 0.6) is 11.5 Å². The molecule has 5 rings (SSSR count). The first-order valence-corrected chi connectivity index (χ1v) is 10.2. The van der Waals surface area contributed by atoms with Gasteiger partial charge in [-0.05, 0) is 41.3 Å². The molecule has 0 aromatic heterocycles. The molecule has 6 heteroatoms. The van der Waals surface area contributed by atoms with Crippen LogP contribution in [0.1, 0.15) is 18.1 Å². The van der Waals surface area contributed by atoms with Gasteiger partial charge in [-0.15, -0.1) is 0 Å². The fourth-order valence-electron chi connectivity index (χ4n) is 4.09. The minimum absolute atomic E-state index is 0.197. The maximum Gasteiger partial charge on any atom is 0.325 e. The van der Waals surface area contributed by atoms with Crippen molar-refractivity contribution in [2.24, 2.45) is 0 Å². The number of fused-ring (bicyclic) bond motifs is 1. The summed E-state index contributed by atoms with van der Waals surface area (Å²) < 4.78 is 10.8. The van der Waals surface area contributed by atoms with Crippen LogP contribution in [-0.2, 0) is 17.8 Å². The number of rotatable bonds is 5. The van der Waals surface area contributed by atoms with Gasteiger partial charge >= 0.3 is 6.03 Å². The number of nitrogens with one attached hydrogen (secondary N) is 1. The van der Waals surface area contributed by atoms with E-state index < -0.39 is 5.54 Å². The van der Waals surface area contributed by atoms with E-state index in [0.717, 1.165) is 22.3 Å². The summed E-state index contributed by atoms with van der Waals surface area (Å²) in [6, 6.07) is 23.2. The Bertz CT molecular complexity index is 1140. The predicted octanol–water partition coefficient (Wildman–Crippen LogP) is 4.14. The Morgan fingerprint density at radius 3 is 2.32 bits per heavy atom. The van der Waals surface area contributed by atoms with Crippen molar-refractivity contribution in [2.45, 2.75) is 25.4 Å². The van der Waals surface area contributed by atoms with Gasteiger partial charge < -0.3 is 14.8 Å². The quantitative estimate of drug-likeness (QED) is 0.638. The number of nitrogens with zero attached hydrogens (tertiary/aromatic N) is 1. The summed E-state index contributed by atoms with van der Waals surface area (Å²) in [6.07, 6.45) is 0.373. The summed E-state index contributed by atoms with van der Waals surface area (Å²) in [6.45, 7) is 2.19. The topological polar surface area (TPSA) is 67.9 Å². The van der Waals surface area contributed by atoms with Crippen molar-refractivity contribution in [3.63, 3.8) is 0 Å². The van der Waals surface area contributed by atoms with Crippen LogP contribution in [0.3, 0.4) is 0 Å². The second-order valence-electron chi connectivity index (χ2n) is 8.08. The Morgan fingerprint density at radius 2 is 1.55 bits per heavy atom. The van der Waals surface area contributed by atoms with Crippen molar-refractivity contribution in [3.8, 4) is 22.6 Å². The summed E-state index contributed by atoms with van der Waals surface area (Å²) in [5, 5.41) is 2.87. The van der Waals surface area contributed by atoms with Crippen molar-refractivity contribution in [3.05, 3.63) is 83.9 Å². The highest BCUT2D eigenvalue weighted by Gasteiger charge is 2.47. The second-order valence-corrected chi connectivity index (χ2v) is 8.08. The van der Waals surface area contributed by atoms with E-state index in [-0.39, 0.29) is 25.3 Å². The molecule has 1 fully saturated rings. The molecule has 1 N–H and O–H groups in total. The molecule has 156 valence electrons. The van der Waals surface area contributed by atoms with Crippen LogP contribution in [0.2, 0.25) is 0 Å². The maximum atomic E-state index is 13.2. The van der Waals surface area contributed by atoms with Gasteiger partial charge in [0.1, 0.15) is 5.54 Å². The molecule has 0 spiro atoms. The van der Waals surface area contributed by atoms with Gasteiger partial charge in [0, 0.05) is 6.42 Å². The van der Waals surface area contributed by atoms with Crippen molar-refractivity contribution in [2.75, 3.05) is 6.79 Å². The van der Waals surface area contributed by atoms with Crippen LogP contribution in [0, 0.1) is 0 Å². The average Bonchev–Trinajstić information content (AvgIpc) is 3.33. The fourth-order valence-corrected chi connectivity index (χ4v) is 4.09. The van der Waals surface area contributed by atoms with Crippen LogP contribution in [0.15, 0.2) is 72.8 Å². The van der Waals surface area contributed by atoms with Crippen LogP contribution in [-0.4, -0.2) is 29.2 Å². The lowest BCUT2D eigenvalue weighted by Crippen LogP contribution is -2.45. The summed E-state index contributed by atoms with van der Waals surface area (Å²) in [5.74, 6) is 1.12. The highest BCUT2D eigenvalue weighted by Crippen LogP contribution is 2.34. The van der Waals surface area contributed by atoms with E-state index in [1.165, 1.54) is 4.90 Å². The number of carbonyl (C=O) groups is 2. The van der Waals surface area contributed by atoms with Gasteiger partial charge in [-0.1, -0.05) is 60.7 Å². The maximum absolute atomic E-state index is 13.2. The van der Waals surface area contributed by atoms with Gasteiger partial charge in [-0.2, -0.15) is 0 Å². The average molecular weight is 414 g/mol. The third kappa shape index (κ3) is 3.61. The van der Waals surface area contributed by atoms with Crippen molar-refractivity contribution in [1.29, 1.82) is 0 Å². The van der Waals surface area contributed by atoms with Crippen LogP contribution in [0.4, 0.5) is 4.79 Å². The van der Waals surface area contributed by atoms with Gasteiger partial charge in [0.2, 0.25) is 6.79 Å². The Balaban J connectivity index is 1.30. The number of hydrogen-bond donors (Lipinski definition) is 1. The van der Waals surface area contributed by atoms with Crippen molar-refractivity contribution in [1.82, 2.24) is 10.2 Å². The Labute approximate surface area is 180 Å². The minimum atomic E-state index is -1.01. The minimum Gasteiger partial charge on any atom is -0.454 e. The number of ether oxygens (including phenoxy) is 2. The first kappa shape index (κ1) is 19.2. The molecule has 2 heterocycles. The van der Waals surface area contributed by atoms with E-state index in [1.54, 1.807) is 6.92 Å². The van der Waals surface area contributed by atoms with E-state index in [1.807, 2.05) is 72.8 Å². The van der Waals surface area contributed by atoms with Gasteiger partial charge in [0.15, 0.2) is 11.5 Å². The molecule has 0 aliphatic carbocycles. The zero-order chi connectivity index (χ0) is 21.4. The molecule has 0 unspecified atom stereocenters. The van der Waals surface area contributed by atoms with Crippen LogP contribution >= 0.6 is 0 Å². The molecule has 31 heavy (non-hydrogen) atoms. The zero-order valence-corrected chi connectivity index (χ0v) is 17.1. The van der Waals surface area contributed by atoms with Gasteiger partial charge in [0.05, 0.1) is 6.54 Å². The predicted molar refractivity (Wildman–Crippen MR) is 116 cm³/mol. The molecule has 0 bridgehead atoms. The number of imide groups is 1. The Morgan fingerprint density at radius 1 is 0.871 bits per heavy atom. The molecular weight excluding hydrogens is 392 g/mol. The fraction of sp³-hybridized carbons (Fsp3) is 0.200. The number of benzene rings is 3. The molecule has 0 radical (unpaired) electrons. The number of urea groups is 1. The third-order valence-electron chi connectivity index (χ3n) is 5.74. The number of hydrogen-bond acceptors (Lipinski definition) is 4. The molecule has 3 amide bonds. The van der Waals surface area contributed by atoms with E-state index >= 15 is 0 Å². The lowest BCUT2D eigenvalue weighted by Gasteiger charge is -2.22.